The van der Waals surface area contributed by atoms with Crippen molar-refractivity contribution in [2.45, 2.75) is 13.1 Å². The van der Waals surface area contributed by atoms with E-state index in [1.807, 2.05) is 84.5 Å². The van der Waals surface area contributed by atoms with Crippen LogP contribution in [0.15, 0.2) is 72.9 Å². The molecule has 0 radical (unpaired) electrons. The van der Waals surface area contributed by atoms with Gasteiger partial charge in [-0.15, -0.1) is 0 Å². The molecule has 3 N–H and O–H groups in total. The Hall–Kier alpha value is -3.97. The molecule has 4 rings (SSSR count). The first-order valence-corrected chi connectivity index (χ1v) is 10.7. The van der Waals surface area contributed by atoms with Crippen LogP contribution in [0.3, 0.4) is 0 Å². The lowest BCUT2D eigenvalue weighted by atomic mass is 10.1. The van der Waals surface area contributed by atoms with E-state index in [4.69, 9.17) is 9.47 Å². The quantitative estimate of drug-likeness (QED) is 0.352. The Morgan fingerprint density at radius 3 is 2.27 bits per heavy atom. The molecule has 0 saturated carbocycles. The van der Waals surface area contributed by atoms with Crippen LogP contribution in [0.4, 0.5) is 16.2 Å². The normalized spacial score (nSPS) is 10.8. The molecule has 0 saturated heterocycles. The summed E-state index contributed by atoms with van der Waals surface area (Å²) in [5, 5.41) is 10.3. The van der Waals surface area contributed by atoms with Crippen LogP contribution in [0.2, 0.25) is 0 Å². The maximum Gasteiger partial charge on any atom is 0.323 e. The monoisotopic (exact) mass is 444 g/mol. The van der Waals surface area contributed by atoms with E-state index in [-0.39, 0.29) is 6.03 Å². The van der Waals surface area contributed by atoms with E-state index in [9.17, 15) is 4.79 Å². The molecule has 4 aromatic rings. The van der Waals surface area contributed by atoms with Gasteiger partial charge in [0.15, 0.2) is 0 Å². The first kappa shape index (κ1) is 22.2. The van der Waals surface area contributed by atoms with Crippen LogP contribution < -0.4 is 25.4 Å². The summed E-state index contributed by atoms with van der Waals surface area (Å²) in [4.78, 5) is 12.5. The number of methoxy groups -OCH3 is 2. The van der Waals surface area contributed by atoms with Crippen LogP contribution in [-0.4, -0.2) is 24.8 Å². The summed E-state index contributed by atoms with van der Waals surface area (Å²) in [5.41, 5.74) is 4.60. The third kappa shape index (κ3) is 5.27. The SMILES string of the molecule is COc1cccc(OC)c1CNCc1cccc(NC(=O)Nc2ccc3c(ccn3C)c2)c1. The van der Waals surface area contributed by atoms with Crippen molar-refractivity contribution in [3.63, 3.8) is 0 Å². The summed E-state index contributed by atoms with van der Waals surface area (Å²) < 4.78 is 12.9. The highest BCUT2D eigenvalue weighted by atomic mass is 16.5. The maximum atomic E-state index is 12.5. The van der Waals surface area contributed by atoms with E-state index < -0.39 is 0 Å². The Bertz CT molecular complexity index is 1240. The van der Waals surface area contributed by atoms with Gasteiger partial charge in [-0.2, -0.15) is 0 Å². The number of nitrogens with zero attached hydrogens (tertiary/aromatic N) is 1. The molecule has 0 unspecified atom stereocenters. The molecule has 0 bridgehead atoms. The second-order valence-corrected chi connectivity index (χ2v) is 7.72. The highest BCUT2D eigenvalue weighted by molar-refractivity contribution is 6.01. The molecule has 0 spiro atoms. The zero-order chi connectivity index (χ0) is 23.2. The lowest BCUT2D eigenvalue weighted by Gasteiger charge is -2.14. The fraction of sp³-hybridized carbons (Fsp3) is 0.192. The van der Waals surface area contributed by atoms with E-state index in [1.165, 1.54) is 0 Å². The van der Waals surface area contributed by atoms with Crippen molar-refractivity contribution < 1.29 is 14.3 Å². The van der Waals surface area contributed by atoms with Crippen LogP contribution in [0.1, 0.15) is 11.1 Å². The third-order valence-electron chi connectivity index (χ3n) is 5.49. The zero-order valence-electron chi connectivity index (χ0n) is 19.0. The lowest BCUT2D eigenvalue weighted by Crippen LogP contribution is -2.19. The van der Waals surface area contributed by atoms with Crippen LogP contribution in [0.5, 0.6) is 11.5 Å². The molecule has 170 valence electrons. The van der Waals surface area contributed by atoms with Gasteiger partial charge >= 0.3 is 6.03 Å². The second-order valence-electron chi connectivity index (χ2n) is 7.72. The number of anilines is 2. The number of carbonyl (C=O) groups is 1. The van der Waals surface area contributed by atoms with E-state index >= 15 is 0 Å². The molecule has 2 amide bonds. The smallest absolute Gasteiger partial charge is 0.323 e. The van der Waals surface area contributed by atoms with Gasteiger partial charge in [-0.1, -0.05) is 18.2 Å². The highest BCUT2D eigenvalue weighted by Gasteiger charge is 2.10. The summed E-state index contributed by atoms with van der Waals surface area (Å²) in [6, 6.07) is 21.1. The molecule has 1 heterocycles. The van der Waals surface area contributed by atoms with E-state index in [2.05, 4.69) is 16.0 Å². The molecule has 0 fully saturated rings. The van der Waals surface area contributed by atoms with Crippen molar-refractivity contribution in [1.29, 1.82) is 0 Å². The van der Waals surface area contributed by atoms with E-state index in [1.54, 1.807) is 14.2 Å². The number of amides is 2. The summed E-state index contributed by atoms with van der Waals surface area (Å²) in [6.07, 6.45) is 2.00. The average Bonchev–Trinajstić information content (AvgIpc) is 3.19. The molecular formula is C26H28N4O3. The fourth-order valence-electron chi connectivity index (χ4n) is 3.85. The Balaban J connectivity index is 1.35. The highest BCUT2D eigenvalue weighted by Crippen LogP contribution is 2.28. The molecule has 33 heavy (non-hydrogen) atoms. The van der Waals surface area contributed by atoms with Crippen LogP contribution in [0.25, 0.3) is 10.9 Å². The minimum atomic E-state index is -0.283. The number of rotatable bonds is 8. The summed E-state index contributed by atoms with van der Waals surface area (Å²) in [5.74, 6) is 1.56. The largest absolute Gasteiger partial charge is 0.496 e. The summed E-state index contributed by atoms with van der Waals surface area (Å²) in [7, 11) is 5.30. The number of ether oxygens (including phenoxy) is 2. The van der Waals surface area contributed by atoms with Gasteiger partial charge in [-0.25, -0.2) is 4.79 Å². The number of urea groups is 1. The van der Waals surface area contributed by atoms with Gasteiger partial charge in [0.1, 0.15) is 11.5 Å². The van der Waals surface area contributed by atoms with E-state index in [0.717, 1.165) is 44.9 Å². The molecular weight excluding hydrogens is 416 g/mol. The summed E-state index contributed by atoms with van der Waals surface area (Å²) >= 11 is 0. The molecule has 7 heteroatoms. The van der Waals surface area contributed by atoms with Crippen molar-refractivity contribution >= 4 is 28.3 Å². The van der Waals surface area contributed by atoms with Crippen molar-refractivity contribution in [2.75, 3.05) is 24.9 Å². The third-order valence-corrected chi connectivity index (χ3v) is 5.49. The Labute approximate surface area is 193 Å². The predicted molar refractivity (Wildman–Crippen MR) is 132 cm³/mol. The zero-order valence-corrected chi connectivity index (χ0v) is 19.0. The van der Waals surface area contributed by atoms with Gasteiger partial charge < -0.3 is 30.0 Å². The minimum Gasteiger partial charge on any atom is -0.496 e. The minimum absolute atomic E-state index is 0.283. The van der Waals surface area contributed by atoms with Crippen molar-refractivity contribution in [3.8, 4) is 11.5 Å². The van der Waals surface area contributed by atoms with Crippen LogP contribution in [-0.2, 0) is 20.1 Å². The topological polar surface area (TPSA) is 76.6 Å². The molecule has 1 aromatic heterocycles. The van der Waals surface area contributed by atoms with Crippen molar-refractivity contribution in [2.24, 2.45) is 7.05 Å². The van der Waals surface area contributed by atoms with Gasteiger partial charge in [0, 0.05) is 54.2 Å². The van der Waals surface area contributed by atoms with Crippen molar-refractivity contribution in [3.05, 3.63) is 84.1 Å². The maximum absolute atomic E-state index is 12.5. The van der Waals surface area contributed by atoms with Crippen molar-refractivity contribution in [1.82, 2.24) is 9.88 Å². The van der Waals surface area contributed by atoms with Crippen LogP contribution in [0, 0.1) is 0 Å². The average molecular weight is 445 g/mol. The Kier molecular flexibility index (Phi) is 6.80. The lowest BCUT2D eigenvalue weighted by molar-refractivity contribution is 0.262. The van der Waals surface area contributed by atoms with Gasteiger partial charge in [0.25, 0.3) is 0 Å². The molecule has 0 aliphatic heterocycles. The van der Waals surface area contributed by atoms with Gasteiger partial charge in [0.05, 0.1) is 14.2 Å². The van der Waals surface area contributed by atoms with E-state index in [0.29, 0.717) is 13.1 Å². The molecule has 7 nitrogen and oxygen atoms in total. The Morgan fingerprint density at radius 2 is 1.55 bits per heavy atom. The van der Waals surface area contributed by atoms with Gasteiger partial charge in [-0.3, -0.25) is 0 Å². The molecule has 3 aromatic carbocycles. The second kappa shape index (κ2) is 10.1. The number of hydrogen-bond acceptors (Lipinski definition) is 4. The fourth-order valence-corrected chi connectivity index (χ4v) is 3.85. The molecule has 0 aliphatic carbocycles. The Morgan fingerprint density at radius 1 is 0.848 bits per heavy atom. The number of hydrogen-bond donors (Lipinski definition) is 3. The molecule has 0 atom stereocenters. The number of aryl methyl sites for hydroxylation is 1. The van der Waals surface area contributed by atoms with Gasteiger partial charge in [0.2, 0.25) is 0 Å². The van der Waals surface area contributed by atoms with Crippen LogP contribution >= 0.6 is 0 Å². The van der Waals surface area contributed by atoms with Gasteiger partial charge in [-0.05, 0) is 54.1 Å². The number of aromatic nitrogens is 1. The summed E-state index contributed by atoms with van der Waals surface area (Å²) in [6.45, 7) is 1.22. The first-order chi connectivity index (χ1) is 16.1. The first-order valence-electron chi connectivity index (χ1n) is 10.7. The number of benzene rings is 3. The number of fused-ring (bicyclic) bond motifs is 1. The standard InChI is InChI=1S/C26H28N4O3/c1-30-13-12-19-15-21(10-11-23(19)30)29-26(31)28-20-7-4-6-18(14-20)16-27-17-22-24(32-2)8-5-9-25(22)33-3/h4-15,27H,16-17H2,1-3H3,(H2,28,29,31). The number of carbonyl (C=O) groups excluding carboxylic acids is 1. The predicted octanol–water partition coefficient (Wildman–Crippen LogP) is 5.13. The number of nitrogens with one attached hydrogen (secondary N) is 3. The molecule has 0 aliphatic rings.